The van der Waals surface area contributed by atoms with Gasteiger partial charge in [-0.1, -0.05) is 6.07 Å². The Balaban J connectivity index is 1.90. The van der Waals surface area contributed by atoms with Gasteiger partial charge in [0.15, 0.2) is 0 Å². The molecule has 128 valence electrons. The van der Waals surface area contributed by atoms with Crippen LogP contribution in [0.2, 0.25) is 0 Å². The Kier molecular flexibility index (Phi) is 6.14. The zero-order chi connectivity index (χ0) is 17.5. The molecule has 0 aliphatic heterocycles. The smallest absolute Gasteiger partial charge is 0.373 e. The Hall–Kier alpha value is -2.61. The van der Waals surface area contributed by atoms with E-state index in [1.54, 1.807) is 0 Å². The lowest BCUT2D eigenvalue weighted by atomic mass is 10.1. The van der Waals surface area contributed by atoms with E-state index in [2.05, 4.69) is 10.1 Å². The topological polar surface area (TPSA) is 94.8 Å². The minimum atomic E-state index is -0.601. The maximum Gasteiger partial charge on any atom is 0.373 e. The highest BCUT2D eigenvalue weighted by Gasteiger charge is 2.19. The molecule has 0 spiro atoms. The Morgan fingerprint density at radius 1 is 1.29 bits per heavy atom. The lowest BCUT2D eigenvalue weighted by Crippen LogP contribution is -2.27. The Bertz CT molecular complexity index is 706. The molecule has 7 nitrogen and oxygen atoms in total. The second kappa shape index (κ2) is 8.30. The van der Waals surface area contributed by atoms with E-state index in [9.17, 15) is 14.4 Å². The summed E-state index contributed by atoms with van der Waals surface area (Å²) >= 11 is 1.45. The van der Waals surface area contributed by atoms with Gasteiger partial charge in [-0.2, -0.15) is 0 Å². The first kappa shape index (κ1) is 17.7. The van der Waals surface area contributed by atoms with E-state index in [1.165, 1.54) is 37.5 Å². The highest BCUT2D eigenvalue weighted by atomic mass is 32.1. The largest absolute Gasteiger partial charge is 0.463 e. The Morgan fingerprint density at radius 2 is 2.08 bits per heavy atom. The van der Waals surface area contributed by atoms with Crippen molar-refractivity contribution in [3.05, 3.63) is 46.0 Å². The fraction of sp³-hybridized carbons (Fsp3) is 0.312. The summed E-state index contributed by atoms with van der Waals surface area (Å²) in [6.07, 6.45) is 0.00462. The van der Waals surface area contributed by atoms with Gasteiger partial charge in [-0.15, -0.1) is 11.3 Å². The molecule has 8 heteroatoms. The van der Waals surface area contributed by atoms with Crippen LogP contribution in [0, 0.1) is 0 Å². The second-order valence-electron chi connectivity index (χ2n) is 4.89. The number of carbonyl (C=O) groups is 3. The molecule has 0 aliphatic carbocycles. The van der Waals surface area contributed by atoms with E-state index >= 15 is 0 Å². The van der Waals surface area contributed by atoms with Crippen LogP contribution >= 0.6 is 11.3 Å². The predicted octanol–water partition coefficient (Wildman–Crippen LogP) is 2.44. The van der Waals surface area contributed by atoms with Gasteiger partial charge in [0, 0.05) is 11.8 Å². The second-order valence-corrected chi connectivity index (χ2v) is 5.87. The molecule has 2 heterocycles. The summed E-state index contributed by atoms with van der Waals surface area (Å²) in [7, 11) is 1.25. The van der Waals surface area contributed by atoms with Gasteiger partial charge in [-0.25, -0.2) is 4.79 Å². The number of esters is 2. The van der Waals surface area contributed by atoms with Crippen molar-refractivity contribution in [1.29, 1.82) is 0 Å². The van der Waals surface area contributed by atoms with Crippen LogP contribution in [0.1, 0.15) is 40.6 Å². The minimum Gasteiger partial charge on any atom is -0.463 e. The lowest BCUT2D eigenvalue weighted by molar-refractivity contribution is -0.146. The fourth-order valence-corrected chi connectivity index (χ4v) is 2.78. The molecular formula is C16H17NO6S. The van der Waals surface area contributed by atoms with Gasteiger partial charge in [0.25, 0.3) is 0 Å². The molecule has 0 saturated carbocycles. The molecule has 0 unspecified atom stereocenters. The predicted molar refractivity (Wildman–Crippen MR) is 85.3 cm³/mol. The zero-order valence-electron chi connectivity index (χ0n) is 13.2. The highest BCUT2D eigenvalue weighted by molar-refractivity contribution is 7.10. The molecule has 2 aromatic heterocycles. The quantitative estimate of drug-likeness (QED) is 0.770. The van der Waals surface area contributed by atoms with E-state index < -0.39 is 18.0 Å². The van der Waals surface area contributed by atoms with Gasteiger partial charge in [0.05, 0.1) is 19.6 Å². The number of nitrogens with one attached hydrogen (secondary N) is 1. The third-order valence-electron chi connectivity index (χ3n) is 3.06. The van der Waals surface area contributed by atoms with Crippen LogP contribution in [0.25, 0.3) is 0 Å². The highest BCUT2D eigenvalue weighted by Crippen LogP contribution is 2.22. The van der Waals surface area contributed by atoms with Crippen LogP contribution in [0.5, 0.6) is 0 Å². The molecule has 1 N–H and O–H groups in total. The molecule has 0 fully saturated rings. The summed E-state index contributed by atoms with van der Waals surface area (Å²) in [5.41, 5.74) is 0. The first-order valence-electron chi connectivity index (χ1n) is 7.12. The van der Waals surface area contributed by atoms with E-state index in [0.717, 1.165) is 4.88 Å². The molecule has 0 aliphatic rings. The molecule has 24 heavy (non-hydrogen) atoms. The van der Waals surface area contributed by atoms with Crippen LogP contribution in [0.4, 0.5) is 0 Å². The van der Waals surface area contributed by atoms with Crippen molar-refractivity contribution in [2.24, 2.45) is 0 Å². The lowest BCUT2D eigenvalue weighted by Gasteiger charge is -2.15. The summed E-state index contributed by atoms with van der Waals surface area (Å²) in [5.74, 6) is -0.946. The maximum atomic E-state index is 12.0. The summed E-state index contributed by atoms with van der Waals surface area (Å²) in [5, 5.41) is 4.59. The number of hydrogen-bond acceptors (Lipinski definition) is 7. The van der Waals surface area contributed by atoms with E-state index in [-0.39, 0.29) is 24.7 Å². The maximum absolute atomic E-state index is 12.0. The van der Waals surface area contributed by atoms with Gasteiger partial charge in [-0.05, 0) is 23.6 Å². The standard InChI is InChI=1S/C16H17NO6S/c1-10(18)17-12(14-4-3-7-24-14)8-15(19)22-9-11-5-6-13(23-11)16(20)21-2/h3-7,12H,8-9H2,1-2H3,(H,17,18)/t12-/m1/s1. The third kappa shape index (κ3) is 4.95. The van der Waals surface area contributed by atoms with Gasteiger partial charge < -0.3 is 19.2 Å². The third-order valence-corrected chi connectivity index (χ3v) is 4.04. The summed E-state index contributed by atoms with van der Waals surface area (Å²) < 4.78 is 14.9. The molecule has 0 saturated heterocycles. The van der Waals surface area contributed by atoms with Gasteiger partial charge in [0.2, 0.25) is 11.7 Å². The average Bonchev–Trinajstić information content (AvgIpc) is 3.22. The fourth-order valence-electron chi connectivity index (χ4n) is 2.00. The first-order chi connectivity index (χ1) is 11.5. The monoisotopic (exact) mass is 351 g/mol. The molecule has 0 aromatic carbocycles. The number of methoxy groups -OCH3 is 1. The molecule has 1 atom stereocenters. The molecule has 2 aromatic rings. The number of rotatable bonds is 7. The van der Waals surface area contributed by atoms with Crippen LogP contribution < -0.4 is 5.32 Å². The molecule has 0 radical (unpaired) electrons. The SMILES string of the molecule is COC(=O)c1ccc(COC(=O)C[C@@H](NC(C)=O)c2cccs2)o1. The number of hydrogen-bond donors (Lipinski definition) is 1. The van der Waals surface area contributed by atoms with Crippen molar-refractivity contribution in [2.45, 2.75) is 26.0 Å². The average molecular weight is 351 g/mol. The van der Waals surface area contributed by atoms with Crippen molar-refractivity contribution in [3.63, 3.8) is 0 Å². The number of ether oxygens (including phenoxy) is 2. The van der Waals surface area contributed by atoms with Gasteiger partial charge in [0.1, 0.15) is 12.4 Å². The van der Waals surface area contributed by atoms with Crippen LogP contribution in [0.15, 0.2) is 34.1 Å². The van der Waals surface area contributed by atoms with Gasteiger partial charge in [-0.3, -0.25) is 9.59 Å². The van der Waals surface area contributed by atoms with Crippen LogP contribution in [-0.2, 0) is 25.7 Å². The van der Waals surface area contributed by atoms with Crippen molar-refractivity contribution < 1.29 is 28.3 Å². The van der Waals surface area contributed by atoms with Crippen LogP contribution in [-0.4, -0.2) is 25.0 Å². The molecule has 1 amide bonds. The molecular weight excluding hydrogens is 334 g/mol. The first-order valence-corrected chi connectivity index (χ1v) is 8.00. The van der Waals surface area contributed by atoms with Gasteiger partial charge >= 0.3 is 11.9 Å². The number of amides is 1. The number of carbonyl (C=O) groups excluding carboxylic acids is 3. The van der Waals surface area contributed by atoms with Crippen molar-refractivity contribution in [1.82, 2.24) is 5.32 Å². The summed E-state index contributed by atoms with van der Waals surface area (Å²) in [6.45, 7) is 1.29. The molecule has 2 rings (SSSR count). The van der Waals surface area contributed by atoms with Crippen molar-refractivity contribution >= 4 is 29.2 Å². The normalized spacial score (nSPS) is 11.6. The van der Waals surface area contributed by atoms with E-state index in [0.29, 0.717) is 5.76 Å². The van der Waals surface area contributed by atoms with Crippen molar-refractivity contribution in [3.8, 4) is 0 Å². The molecule has 0 bridgehead atoms. The summed E-state index contributed by atoms with van der Waals surface area (Å²) in [4.78, 5) is 35.4. The number of furan rings is 1. The number of thiophene rings is 1. The van der Waals surface area contributed by atoms with Crippen LogP contribution in [0.3, 0.4) is 0 Å². The van der Waals surface area contributed by atoms with E-state index in [4.69, 9.17) is 9.15 Å². The van der Waals surface area contributed by atoms with Crippen molar-refractivity contribution in [2.75, 3.05) is 7.11 Å². The Morgan fingerprint density at radius 3 is 2.71 bits per heavy atom. The summed E-state index contributed by atoms with van der Waals surface area (Å²) in [6, 6.07) is 6.23. The zero-order valence-corrected chi connectivity index (χ0v) is 14.1. The Labute approximate surface area is 142 Å². The minimum absolute atomic E-state index is 0.00462. The van der Waals surface area contributed by atoms with E-state index in [1.807, 2.05) is 17.5 Å².